The van der Waals surface area contributed by atoms with E-state index in [1.807, 2.05) is 0 Å². The van der Waals surface area contributed by atoms with Crippen molar-refractivity contribution in [3.05, 3.63) is 23.8 Å². The van der Waals surface area contributed by atoms with Gasteiger partial charge in [0.2, 0.25) is 0 Å². The van der Waals surface area contributed by atoms with Crippen molar-refractivity contribution in [2.75, 3.05) is 26.2 Å². The summed E-state index contributed by atoms with van der Waals surface area (Å²) in [5, 5.41) is 9.26. The van der Waals surface area contributed by atoms with E-state index < -0.39 is 0 Å². The molecule has 0 unspecified atom stereocenters. The lowest BCUT2D eigenvalue weighted by Gasteiger charge is -2.33. The van der Waals surface area contributed by atoms with Gasteiger partial charge in [-0.25, -0.2) is 0 Å². The number of allylic oxidation sites excluding steroid dienone is 2. The van der Waals surface area contributed by atoms with Gasteiger partial charge >= 0.3 is 0 Å². The molecule has 2 aliphatic rings. The second-order valence-corrected chi connectivity index (χ2v) is 6.11. The molecule has 18 heavy (non-hydrogen) atoms. The van der Waals surface area contributed by atoms with Crippen LogP contribution in [-0.4, -0.2) is 36.2 Å². The molecule has 0 aromatic heterocycles. The van der Waals surface area contributed by atoms with Gasteiger partial charge < -0.3 is 5.11 Å². The molecule has 0 aromatic rings. The average Bonchev–Trinajstić information content (AvgIpc) is 2.39. The summed E-state index contributed by atoms with van der Waals surface area (Å²) in [6.07, 6.45) is 8.57. The van der Waals surface area contributed by atoms with Crippen molar-refractivity contribution >= 4 is 0 Å². The minimum absolute atomic E-state index is 0.354. The molecular weight excluding hydrogens is 222 g/mol. The van der Waals surface area contributed by atoms with E-state index in [9.17, 15) is 5.11 Å². The quantitative estimate of drug-likeness (QED) is 0.774. The van der Waals surface area contributed by atoms with Crippen LogP contribution in [0.2, 0.25) is 0 Å². The highest BCUT2D eigenvalue weighted by molar-refractivity contribution is 5.13. The van der Waals surface area contributed by atoms with E-state index in [0.717, 1.165) is 13.1 Å². The second-order valence-electron chi connectivity index (χ2n) is 6.11. The normalized spacial score (nSPS) is 30.0. The lowest BCUT2D eigenvalue weighted by Crippen LogP contribution is -2.38. The highest BCUT2D eigenvalue weighted by Gasteiger charge is 2.21. The topological polar surface area (TPSA) is 23.5 Å². The van der Waals surface area contributed by atoms with E-state index >= 15 is 0 Å². The molecule has 1 N–H and O–H groups in total. The van der Waals surface area contributed by atoms with Crippen LogP contribution in [0.4, 0.5) is 0 Å². The lowest BCUT2D eigenvalue weighted by molar-refractivity contribution is 0.126. The smallest absolute Gasteiger partial charge is 0.0471 e. The van der Waals surface area contributed by atoms with E-state index in [-0.39, 0.29) is 0 Å². The number of hydrogen-bond acceptors (Lipinski definition) is 2. The van der Waals surface area contributed by atoms with E-state index in [0.29, 0.717) is 18.4 Å². The molecule has 0 aromatic carbocycles. The zero-order chi connectivity index (χ0) is 13.0. The first-order chi connectivity index (χ1) is 8.69. The molecule has 0 radical (unpaired) electrons. The molecule has 1 heterocycles. The summed E-state index contributed by atoms with van der Waals surface area (Å²) in [5.41, 5.74) is 2.94. The fraction of sp³-hybridized carbons (Fsp3) is 0.750. The molecule has 0 amide bonds. The Morgan fingerprint density at radius 3 is 2.94 bits per heavy atom. The van der Waals surface area contributed by atoms with Gasteiger partial charge in [0, 0.05) is 19.7 Å². The maximum Gasteiger partial charge on any atom is 0.0471 e. The molecular formula is C16H27NO. The number of piperidine rings is 1. The van der Waals surface area contributed by atoms with Crippen LogP contribution < -0.4 is 0 Å². The number of aliphatic hydroxyl groups is 1. The minimum atomic E-state index is 0.354. The average molecular weight is 249 g/mol. The summed E-state index contributed by atoms with van der Waals surface area (Å²) in [7, 11) is 0. The number of nitrogens with zero attached hydrogens (tertiary/aromatic N) is 1. The zero-order valence-corrected chi connectivity index (χ0v) is 11.7. The zero-order valence-electron chi connectivity index (χ0n) is 11.7. The molecule has 2 rings (SSSR count). The van der Waals surface area contributed by atoms with Crippen molar-refractivity contribution in [2.24, 2.45) is 11.8 Å². The van der Waals surface area contributed by atoms with Crippen molar-refractivity contribution in [1.82, 2.24) is 4.90 Å². The van der Waals surface area contributed by atoms with E-state index in [1.165, 1.54) is 44.2 Å². The van der Waals surface area contributed by atoms with Crippen LogP contribution in [0.3, 0.4) is 0 Å². The van der Waals surface area contributed by atoms with Crippen LogP contribution in [0.1, 0.15) is 39.0 Å². The third-order valence-corrected chi connectivity index (χ3v) is 4.49. The Hall–Kier alpha value is -0.600. The first kappa shape index (κ1) is 13.8. The van der Waals surface area contributed by atoms with Gasteiger partial charge in [-0.1, -0.05) is 23.8 Å². The third kappa shape index (κ3) is 3.69. The molecule has 2 nitrogen and oxygen atoms in total. The van der Waals surface area contributed by atoms with Crippen molar-refractivity contribution in [3.63, 3.8) is 0 Å². The Bertz CT molecular complexity index is 321. The van der Waals surface area contributed by atoms with Crippen molar-refractivity contribution in [2.45, 2.75) is 39.0 Å². The van der Waals surface area contributed by atoms with Crippen LogP contribution in [0, 0.1) is 11.8 Å². The largest absolute Gasteiger partial charge is 0.396 e. The van der Waals surface area contributed by atoms with Crippen LogP contribution in [0.5, 0.6) is 0 Å². The maximum absolute atomic E-state index is 9.26. The Balaban J connectivity index is 1.81. The molecule has 102 valence electrons. The Morgan fingerprint density at radius 2 is 2.33 bits per heavy atom. The first-order valence-electron chi connectivity index (χ1n) is 7.35. The van der Waals surface area contributed by atoms with Gasteiger partial charge in [-0.2, -0.15) is 0 Å². The predicted octanol–water partition coefficient (Wildman–Crippen LogP) is 2.99. The van der Waals surface area contributed by atoms with E-state index in [1.54, 1.807) is 5.57 Å². The van der Waals surface area contributed by atoms with Crippen molar-refractivity contribution < 1.29 is 5.11 Å². The maximum atomic E-state index is 9.26. The molecule has 1 aliphatic carbocycles. The molecule has 0 bridgehead atoms. The van der Waals surface area contributed by atoms with Crippen LogP contribution in [0.25, 0.3) is 0 Å². The summed E-state index contributed by atoms with van der Waals surface area (Å²) in [4.78, 5) is 2.53. The SMILES string of the molecule is C=C(C)[C@H]1CC=C(CN2CCC[C@@H](CO)C2)CC1. The molecule has 1 saturated heterocycles. The number of aliphatic hydroxyl groups excluding tert-OH is 1. The van der Waals surface area contributed by atoms with Gasteiger partial charge in [0.25, 0.3) is 0 Å². The van der Waals surface area contributed by atoms with Crippen LogP contribution in [-0.2, 0) is 0 Å². The van der Waals surface area contributed by atoms with Gasteiger partial charge in [-0.05, 0) is 57.4 Å². The molecule has 2 heteroatoms. The van der Waals surface area contributed by atoms with Crippen LogP contribution >= 0.6 is 0 Å². The molecule has 1 aliphatic heterocycles. The highest BCUT2D eigenvalue weighted by Crippen LogP contribution is 2.29. The monoisotopic (exact) mass is 249 g/mol. The number of hydrogen-bond donors (Lipinski definition) is 1. The fourth-order valence-electron chi connectivity index (χ4n) is 3.21. The van der Waals surface area contributed by atoms with Crippen molar-refractivity contribution in [1.29, 1.82) is 0 Å². The first-order valence-corrected chi connectivity index (χ1v) is 7.35. The molecule has 1 fully saturated rings. The van der Waals surface area contributed by atoms with Gasteiger partial charge in [0.15, 0.2) is 0 Å². The molecule has 0 spiro atoms. The Morgan fingerprint density at radius 1 is 1.50 bits per heavy atom. The molecule has 2 atom stereocenters. The van der Waals surface area contributed by atoms with Gasteiger partial charge in [-0.15, -0.1) is 0 Å². The fourth-order valence-corrected chi connectivity index (χ4v) is 3.21. The highest BCUT2D eigenvalue weighted by atomic mass is 16.3. The number of rotatable bonds is 4. The Kier molecular flexibility index (Phi) is 5.02. The summed E-state index contributed by atoms with van der Waals surface area (Å²) in [6, 6.07) is 0. The van der Waals surface area contributed by atoms with E-state index in [4.69, 9.17) is 0 Å². The Labute approximate surface area is 111 Å². The third-order valence-electron chi connectivity index (χ3n) is 4.49. The van der Waals surface area contributed by atoms with Crippen molar-refractivity contribution in [3.8, 4) is 0 Å². The van der Waals surface area contributed by atoms with E-state index in [2.05, 4.69) is 24.5 Å². The van der Waals surface area contributed by atoms with Gasteiger partial charge in [0.05, 0.1) is 0 Å². The summed E-state index contributed by atoms with van der Waals surface area (Å²) < 4.78 is 0. The predicted molar refractivity (Wildman–Crippen MR) is 76.5 cm³/mol. The summed E-state index contributed by atoms with van der Waals surface area (Å²) in [5.74, 6) is 1.21. The lowest BCUT2D eigenvalue weighted by atomic mass is 9.85. The minimum Gasteiger partial charge on any atom is -0.396 e. The molecule has 0 saturated carbocycles. The van der Waals surface area contributed by atoms with Gasteiger partial charge in [0.1, 0.15) is 0 Å². The standard InChI is InChI=1S/C16H27NO/c1-13(2)16-7-5-14(6-8-16)10-17-9-3-4-15(11-17)12-18/h5,15-16,18H,1,3-4,6-12H2,2H3/t15-,16+/m1/s1. The summed E-state index contributed by atoms with van der Waals surface area (Å²) in [6.45, 7) is 9.99. The summed E-state index contributed by atoms with van der Waals surface area (Å²) >= 11 is 0. The number of likely N-dealkylation sites (tertiary alicyclic amines) is 1. The van der Waals surface area contributed by atoms with Crippen LogP contribution in [0.15, 0.2) is 23.8 Å². The second kappa shape index (κ2) is 6.53. The van der Waals surface area contributed by atoms with Gasteiger partial charge in [-0.3, -0.25) is 4.90 Å².